The Labute approximate surface area is 124 Å². The van der Waals surface area contributed by atoms with E-state index in [9.17, 15) is 0 Å². The highest BCUT2D eigenvalue weighted by Crippen LogP contribution is 2.47. The molecule has 0 amide bonds. The predicted molar refractivity (Wildman–Crippen MR) is 83.1 cm³/mol. The van der Waals surface area contributed by atoms with Gasteiger partial charge < -0.3 is 5.73 Å². The average molecular weight is 284 g/mol. The maximum atomic E-state index is 6.36. The number of aromatic nitrogens is 1. The van der Waals surface area contributed by atoms with E-state index in [2.05, 4.69) is 38.1 Å². The lowest BCUT2D eigenvalue weighted by Crippen LogP contribution is -2.28. The Morgan fingerprint density at radius 3 is 2.90 bits per heavy atom. The van der Waals surface area contributed by atoms with Crippen LogP contribution in [-0.2, 0) is 12.8 Å². The lowest BCUT2D eigenvalue weighted by atomic mass is 9.76. The van der Waals surface area contributed by atoms with Crippen LogP contribution in [0.2, 0.25) is 0 Å². The first-order valence-corrected chi connectivity index (χ1v) is 8.18. The molecule has 2 unspecified atom stereocenters. The minimum Gasteiger partial charge on any atom is -0.323 e. The SMILES string of the molecule is CC1(C)Cc2nc(C3Cc4ccccc43)sc2C(N)C1. The minimum absolute atomic E-state index is 0.176. The molecule has 0 radical (unpaired) electrons. The zero-order valence-corrected chi connectivity index (χ0v) is 12.8. The standard InChI is InChI=1S/C17H20N2S/c1-17(2)8-13(18)15-14(9-17)19-16(20-15)12-7-10-5-3-4-6-11(10)12/h3-6,12-13H,7-9,18H2,1-2H3. The molecule has 2 N–H and O–H groups in total. The molecule has 0 spiro atoms. The first-order valence-electron chi connectivity index (χ1n) is 7.36. The third-order valence-corrected chi connectivity index (χ3v) is 6.00. The van der Waals surface area contributed by atoms with E-state index in [0.717, 1.165) is 19.3 Å². The maximum absolute atomic E-state index is 6.36. The fourth-order valence-electron chi connectivity index (χ4n) is 3.64. The van der Waals surface area contributed by atoms with Crippen molar-refractivity contribution in [1.82, 2.24) is 4.98 Å². The highest BCUT2D eigenvalue weighted by atomic mass is 32.1. The van der Waals surface area contributed by atoms with E-state index in [1.807, 2.05) is 11.3 Å². The largest absolute Gasteiger partial charge is 0.323 e. The monoisotopic (exact) mass is 284 g/mol. The van der Waals surface area contributed by atoms with Crippen molar-refractivity contribution < 1.29 is 0 Å². The highest BCUT2D eigenvalue weighted by molar-refractivity contribution is 7.12. The second-order valence-electron chi connectivity index (χ2n) is 6.97. The molecular formula is C17H20N2S. The van der Waals surface area contributed by atoms with Crippen molar-refractivity contribution in [3.05, 3.63) is 51.0 Å². The smallest absolute Gasteiger partial charge is 0.101 e. The van der Waals surface area contributed by atoms with E-state index in [1.165, 1.54) is 26.7 Å². The van der Waals surface area contributed by atoms with Gasteiger partial charge in [0.1, 0.15) is 5.01 Å². The van der Waals surface area contributed by atoms with Crippen molar-refractivity contribution in [3.63, 3.8) is 0 Å². The minimum atomic E-state index is 0.176. The summed E-state index contributed by atoms with van der Waals surface area (Å²) in [6.07, 6.45) is 3.28. The van der Waals surface area contributed by atoms with Crippen LogP contribution in [0.15, 0.2) is 24.3 Å². The summed E-state index contributed by atoms with van der Waals surface area (Å²) >= 11 is 1.86. The Hall–Kier alpha value is -1.19. The summed E-state index contributed by atoms with van der Waals surface area (Å²) < 4.78 is 0. The van der Waals surface area contributed by atoms with Gasteiger partial charge in [-0.2, -0.15) is 0 Å². The van der Waals surface area contributed by atoms with Gasteiger partial charge in [0.2, 0.25) is 0 Å². The zero-order valence-electron chi connectivity index (χ0n) is 12.0. The van der Waals surface area contributed by atoms with Gasteiger partial charge in [0.25, 0.3) is 0 Å². The molecule has 2 aliphatic rings. The molecule has 1 aromatic carbocycles. The van der Waals surface area contributed by atoms with Gasteiger partial charge in [-0.05, 0) is 35.8 Å². The Morgan fingerprint density at radius 2 is 2.10 bits per heavy atom. The number of hydrogen-bond donors (Lipinski definition) is 1. The maximum Gasteiger partial charge on any atom is 0.101 e. The van der Waals surface area contributed by atoms with Crippen LogP contribution in [0.4, 0.5) is 0 Å². The van der Waals surface area contributed by atoms with Crippen molar-refractivity contribution in [3.8, 4) is 0 Å². The molecule has 20 heavy (non-hydrogen) atoms. The first-order chi connectivity index (χ1) is 9.53. The Bertz CT molecular complexity index is 671. The molecule has 2 aromatic rings. The van der Waals surface area contributed by atoms with Crippen LogP contribution in [0.5, 0.6) is 0 Å². The molecule has 1 heterocycles. The van der Waals surface area contributed by atoms with E-state index in [0.29, 0.717) is 5.92 Å². The van der Waals surface area contributed by atoms with Crippen molar-refractivity contribution >= 4 is 11.3 Å². The topological polar surface area (TPSA) is 38.9 Å². The van der Waals surface area contributed by atoms with Crippen LogP contribution in [-0.4, -0.2) is 4.98 Å². The van der Waals surface area contributed by atoms with Crippen molar-refractivity contribution in [2.24, 2.45) is 11.1 Å². The molecule has 0 aliphatic heterocycles. The Morgan fingerprint density at radius 1 is 1.30 bits per heavy atom. The van der Waals surface area contributed by atoms with Crippen LogP contribution in [0.3, 0.4) is 0 Å². The summed E-state index contributed by atoms with van der Waals surface area (Å²) in [4.78, 5) is 6.29. The van der Waals surface area contributed by atoms with Crippen LogP contribution in [0, 0.1) is 5.41 Å². The van der Waals surface area contributed by atoms with Gasteiger partial charge in [-0.25, -0.2) is 4.98 Å². The average Bonchev–Trinajstić information content (AvgIpc) is 2.72. The number of benzene rings is 1. The molecule has 2 nitrogen and oxygen atoms in total. The number of fused-ring (bicyclic) bond motifs is 2. The second kappa shape index (κ2) is 4.15. The van der Waals surface area contributed by atoms with Gasteiger partial charge in [0.05, 0.1) is 5.69 Å². The summed E-state index contributed by atoms with van der Waals surface area (Å²) in [6.45, 7) is 4.60. The molecule has 3 heteroatoms. The van der Waals surface area contributed by atoms with Gasteiger partial charge >= 0.3 is 0 Å². The summed E-state index contributed by atoms with van der Waals surface area (Å²) in [5.41, 5.74) is 10.9. The molecule has 0 bridgehead atoms. The van der Waals surface area contributed by atoms with Gasteiger partial charge in [-0.3, -0.25) is 0 Å². The summed E-state index contributed by atoms with van der Waals surface area (Å²) in [5.74, 6) is 0.511. The number of nitrogens with two attached hydrogens (primary N) is 1. The predicted octanol–water partition coefficient (Wildman–Crippen LogP) is 3.80. The molecule has 4 rings (SSSR count). The number of thiazole rings is 1. The fraction of sp³-hybridized carbons (Fsp3) is 0.471. The van der Waals surface area contributed by atoms with Crippen LogP contribution in [0.1, 0.15) is 58.9 Å². The van der Waals surface area contributed by atoms with Crippen LogP contribution in [0.25, 0.3) is 0 Å². The number of nitrogens with zero attached hydrogens (tertiary/aromatic N) is 1. The van der Waals surface area contributed by atoms with E-state index < -0.39 is 0 Å². The Kier molecular flexibility index (Phi) is 2.60. The normalized spacial score (nSPS) is 26.6. The van der Waals surface area contributed by atoms with Gasteiger partial charge in [-0.1, -0.05) is 38.1 Å². The number of rotatable bonds is 1. The van der Waals surface area contributed by atoms with E-state index in [-0.39, 0.29) is 11.5 Å². The van der Waals surface area contributed by atoms with E-state index >= 15 is 0 Å². The van der Waals surface area contributed by atoms with Crippen molar-refractivity contribution in [2.75, 3.05) is 0 Å². The fourth-order valence-corrected chi connectivity index (χ4v) is 4.84. The first kappa shape index (κ1) is 12.5. The summed E-state index contributed by atoms with van der Waals surface area (Å²) in [6, 6.07) is 8.91. The third kappa shape index (κ3) is 1.84. The molecule has 2 atom stereocenters. The van der Waals surface area contributed by atoms with Gasteiger partial charge in [0, 0.05) is 16.8 Å². The molecule has 1 aromatic heterocycles. The van der Waals surface area contributed by atoms with E-state index in [1.54, 1.807) is 0 Å². The highest BCUT2D eigenvalue weighted by Gasteiger charge is 2.36. The van der Waals surface area contributed by atoms with Crippen LogP contribution >= 0.6 is 11.3 Å². The zero-order chi connectivity index (χ0) is 13.9. The quantitative estimate of drug-likeness (QED) is 0.865. The van der Waals surface area contributed by atoms with Crippen molar-refractivity contribution in [1.29, 1.82) is 0 Å². The molecular weight excluding hydrogens is 264 g/mol. The number of hydrogen-bond acceptors (Lipinski definition) is 3. The molecule has 0 saturated carbocycles. The van der Waals surface area contributed by atoms with E-state index in [4.69, 9.17) is 10.7 Å². The lowest BCUT2D eigenvalue weighted by molar-refractivity contribution is 0.282. The van der Waals surface area contributed by atoms with Gasteiger partial charge in [0.15, 0.2) is 0 Å². The second-order valence-corrected chi connectivity index (χ2v) is 8.03. The lowest BCUT2D eigenvalue weighted by Gasteiger charge is -2.32. The molecule has 0 saturated heterocycles. The molecule has 0 fully saturated rings. The summed E-state index contributed by atoms with van der Waals surface area (Å²) in [7, 11) is 0. The third-order valence-electron chi connectivity index (χ3n) is 4.65. The Balaban J connectivity index is 1.70. The van der Waals surface area contributed by atoms with Crippen molar-refractivity contribution in [2.45, 2.75) is 45.1 Å². The van der Waals surface area contributed by atoms with Gasteiger partial charge in [-0.15, -0.1) is 11.3 Å². The van der Waals surface area contributed by atoms with Crippen LogP contribution < -0.4 is 5.73 Å². The molecule has 104 valence electrons. The summed E-state index contributed by atoms with van der Waals surface area (Å²) in [5, 5.41) is 1.28. The molecule has 2 aliphatic carbocycles.